The quantitative estimate of drug-likeness (QED) is 0.551. The molecule has 3 rings (SSSR count). The minimum absolute atomic E-state index is 0.140. The van der Waals surface area contributed by atoms with Gasteiger partial charge in [0, 0.05) is 30.9 Å². The van der Waals surface area contributed by atoms with Gasteiger partial charge in [0.15, 0.2) is 5.69 Å². The Hall–Kier alpha value is -3.03. The smallest absolute Gasteiger partial charge is 0.294 e. The zero-order chi connectivity index (χ0) is 19.6. The number of hydrogen-bond donors (Lipinski definition) is 0. The van der Waals surface area contributed by atoms with Crippen molar-refractivity contribution in [2.45, 2.75) is 33.1 Å². The molecule has 0 atom stereocenters. The number of para-hydroxylation sites is 2. The maximum absolute atomic E-state index is 12.9. The number of amides is 1. The Balaban J connectivity index is 2.05. The van der Waals surface area contributed by atoms with E-state index < -0.39 is 16.3 Å². The van der Waals surface area contributed by atoms with E-state index in [9.17, 15) is 19.7 Å². The standard InChI is InChI=1S/C19H22N4O4/c1-3-10-21(12-14-8-9-14)19(25)18-17(24)11-13(2)22(20-18)15-6-4-5-7-16(15)23(26)27/h4-7,11,14H,3,8-10,12H2,1-2H3. The fraction of sp³-hybridized carbons (Fsp3) is 0.421. The topological polar surface area (TPSA) is 98.3 Å². The normalized spacial score (nSPS) is 13.4. The summed E-state index contributed by atoms with van der Waals surface area (Å²) >= 11 is 0. The molecule has 1 aromatic heterocycles. The lowest BCUT2D eigenvalue weighted by Crippen LogP contribution is -2.38. The highest BCUT2D eigenvalue weighted by atomic mass is 16.6. The van der Waals surface area contributed by atoms with Crippen molar-refractivity contribution in [2.24, 2.45) is 5.92 Å². The molecule has 0 N–H and O–H groups in total. The third kappa shape index (κ3) is 4.05. The van der Waals surface area contributed by atoms with Gasteiger partial charge in [-0.15, -0.1) is 0 Å². The van der Waals surface area contributed by atoms with Crippen LogP contribution in [-0.2, 0) is 0 Å². The van der Waals surface area contributed by atoms with Gasteiger partial charge in [0.2, 0.25) is 5.43 Å². The van der Waals surface area contributed by atoms with Crippen LogP contribution < -0.4 is 5.43 Å². The zero-order valence-electron chi connectivity index (χ0n) is 15.4. The predicted molar refractivity (Wildman–Crippen MR) is 100 cm³/mol. The summed E-state index contributed by atoms with van der Waals surface area (Å²) in [5.41, 5.74) is -0.163. The lowest BCUT2D eigenvalue weighted by molar-refractivity contribution is -0.384. The van der Waals surface area contributed by atoms with E-state index in [-0.39, 0.29) is 17.1 Å². The summed E-state index contributed by atoms with van der Waals surface area (Å²) in [5.74, 6) is 0.0736. The van der Waals surface area contributed by atoms with Crippen molar-refractivity contribution < 1.29 is 9.72 Å². The van der Waals surface area contributed by atoms with E-state index in [1.54, 1.807) is 30.0 Å². The van der Waals surface area contributed by atoms with Gasteiger partial charge in [0.05, 0.1) is 4.92 Å². The fourth-order valence-corrected chi connectivity index (χ4v) is 3.04. The van der Waals surface area contributed by atoms with E-state index in [0.29, 0.717) is 24.7 Å². The Morgan fingerprint density at radius 3 is 2.70 bits per heavy atom. The number of benzene rings is 1. The van der Waals surface area contributed by atoms with Gasteiger partial charge in [-0.2, -0.15) is 5.10 Å². The summed E-state index contributed by atoms with van der Waals surface area (Å²) in [5, 5.41) is 15.6. The van der Waals surface area contributed by atoms with Crippen molar-refractivity contribution in [2.75, 3.05) is 13.1 Å². The van der Waals surface area contributed by atoms with Crippen molar-refractivity contribution in [1.82, 2.24) is 14.7 Å². The van der Waals surface area contributed by atoms with Crippen LogP contribution in [0.5, 0.6) is 0 Å². The molecule has 0 radical (unpaired) electrons. The number of carbonyl (C=O) groups excluding carboxylic acids is 1. The monoisotopic (exact) mass is 370 g/mol. The lowest BCUT2D eigenvalue weighted by atomic mass is 10.2. The molecule has 0 unspecified atom stereocenters. The number of carbonyl (C=O) groups is 1. The van der Waals surface area contributed by atoms with Crippen LogP contribution >= 0.6 is 0 Å². The van der Waals surface area contributed by atoms with E-state index >= 15 is 0 Å². The van der Waals surface area contributed by atoms with Gasteiger partial charge in [0.1, 0.15) is 5.69 Å². The van der Waals surface area contributed by atoms with E-state index in [0.717, 1.165) is 19.3 Å². The molecule has 2 aromatic rings. The molecule has 27 heavy (non-hydrogen) atoms. The number of nitro benzene ring substituents is 1. The summed E-state index contributed by atoms with van der Waals surface area (Å²) in [6.07, 6.45) is 2.97. The van der Waals surface area contributed by atoms with E-state index in [2.05, 4.69) is 5.10 Å². The van der Waals surface area contributed by atoms with Gasteiger partial charge >= 0.3 is 0 Å². The highest BCUT2D eigenvalue weighted by molar-refractivity contribution is 5.92. The maximum atomic E-state index is 12.9. The molecule has 1 aromatic carbocycles. The summed E-state index contributed by atoms with van der Waals surface area (Å²) in [4.78, 5) is 37.9. The van der Waals surface area contributed by atoms with Gasteiger partial charge in [-0.05, 0) is 38.2 Å². The maximum Gasteiger partial charge on any atom is 0.294 e. The van der Waals surface area contributed by atoms with Gasteiger partial charge in [-0.3, -0.25) is 19.7 Å². The summed E-state index contributed by atoms with van der Waals surface area (Å²) < 4.78 is 1.30. The second-order valence-corrected chi connectivity index (χ2v) is 6.85. The van der Waals surface area contributed by atoms with E-state index in [1.165, 1.54) is 16.8 Å². The van der Waals surface area contributed by atoms with Crippen LogP contribution in [0.3, 0.4) is 0 Å². The van der Waals surface area contributed by atoms with Gasteiger partial charge < -0.3 is 4.90 Å². The van der Waals surface area contributed by atoms with Crippen molar-refractivity contribution in [1.29, 1.82) is 0 Å². The molecule has 0 bridgehead atoms. The van der Waals surface area contributed by atoms with Crippen LogP contribution in [0.4, 0.5) is 5.69 Å². The molecular formula is C19H22N4O4. The number of nitro groups is 1. The number of aromatic nitrogens is 2. The minimum Gasteiger partial charge on any atom is -0.337 e. The van der Waals surface area contributed by atoms with Gasteiger partial charge in [-0.1, -0.05) is 19.1 Å². The molecule has 0 aliphatic heterocycles. The largest absolute Gasteiger partial charge is 0.337 e. The fourth-order valence-electron chi connectivity index (χ4n) is 3.04. The third-order valence-corrected chi connectivity index (χ3v) is 4.57. The molecule has 8 heteroatoms. The minimum atomic E-state index is -0.507. The first-order valence-corrected chi connectivity index (χ1v) is 9.06. The second kappa shape index (κ2) is 7.69. The first-order valence-electron chi connectivity index (χ1n) is 9.06. The highest BCUT2D eigenvalue weighted by Crippen LogP contribution is 2.30. The first kappa shape index (κ1) is 18.8. The lowest BCUT2D eigenvalue weighted by Gasteiger charge is -2.22. The molecule has 1 aliphatic rings. The number of nitrogens with zero attached hydrogens (tertiary/aromatic N) is 4. The van der Waals surface area contributed by atoms with Crippen LogP contribution in [0.25, 0.3) is 5.69 Å². The number of hydrogen-bond acceptors (Lipinski definition) is 5. The predicted octanol–water partition coefficient (Wildman–Crippen LogP) is 2.71. The molecule has 1 saturated carbocycles. The van der Waals surface area contributed by atoms with Gasteiger partial charge in [-0.25, -0.2) is 4.68 Å². The average molecular weight is 370 g/mol. The van der Waals surface area contributed by atoms with Crippen LogP contribution in [-0.4, -0.2) is 38.6 Å². The molecule has 1 fully saturated rings. The van der Waals surface area contributed by atoms with Crippen LogP contribution in [0, 0.1) is 23.0 Å². The molecule has 142 valence electrons. The Morgan fingerprint density at radius 2 is 2.07 bits per heavy atom. The molecule has 1 amide bonds. The number of aryl methyl sites for hydroxylation is 1. The second-order valence-electron chi connectivity index (χ2n) is 6.85. The first-order chi connectivity index (χ1) is 12.9. The van der Waals surface area contributed by atoms with Crippen LogP contribution in [0.2, 0.25) is 0 Å². The van der Waals surface area contributed by atoms with E-state index in [4.69, 9.17) is 0 Å². The summed E-state index contributed by atoms with van der Waals surface area (Å²) in [6.45, 7) is 4.78. The summed E-state index contributed by atoms with van der Waals surface area (Å²) in [7, 11) is 0. The Kier molecular flexibility index (Phi) is 5.34. The molecule has 0 saturated heterocycles. The Labute approximate surface area is 156 Å². The van der Waals surface area contributed by atoms with Crippen molar-refractivity contribution in [3.05, 3.63) is 62.1 Å². The Bertz CT molecular complexity index is 934. The molecule has 0 spiro atoms. The zero-order valence-corrected chi connectivity index (χ0v) is 15.4. The van der Waals surface area contributed by atoms with Crippen molar-refractivity contribution in [3.63, 3.8) is 0 Å². The number of rotatable bonds is 7. The summed E-state index contributed by atoms with van der Waals surface area (Å²) in [6, 6.07) is 7.43. The SMILES string of the molecule is CCCN(CC1CC1)C(=O)c1nn(-c2ccccc2[N+](=O)[O-])c(C)cc1=O. The van der Waals surface area contributed by atoms with E-state index in [1.807, 2.05) is 6.92 Å². The molecular weight excluding hydrogens is 348 g/mol. The highest BCUT2D eigenvalue weighted by Gasteiger charge is 2.29. The van der Waals surface area contributed by atoms with Crippen molar-refractivity contribution >= 4 is 11.6 Å². The van der Waals surface area contributed by atoms with Crippen molar-refractivity contribution in [3.8, 4) is 5.69 Å². The Morgan fingerprint density at radius 1 is 1.37 bits per heavy atom. The van der Waals surface area contributed by atoms with Crippen LogP contribution in [0.15, 0.2) is 35.1 Å². The third-order valence-electron chi connectivity index (χ3n) is 4.57. The molecule has 8 nitrogen and oxygen atoms in total. The molecule has 1 heterocycles. The van der Waals surface area contributed by atoms with Gasteiger partial charge in [0.25, 0.3) is 11.6 Å². The molecule has 1 aliphatic carbocycles. The van der Waals surface area contributed by atoms with Crippen LogP contribution in [0.1, 0.15) is 42.4 Å². The average Bonchev–Trinajstić information content (AvgIpc) is 3.45.